The fraction of sp³-hybridized carbons (Fsp3) is 0.171. The molecule has 0 saturated carbocycles. The molecular formula is C35H35N5O2. The van der Waals surface area contributed by atoms with Crippen LogP contribution in [0.4, 0.5) is 11.4 Å². The normalized spacial score (nSPS) is 10.8. The molecule has 2 amide bonds. The van der Waals surface area contributed by atoms with E-state index in [9.17, 15) is 9.59 Å². The van der Waals surface area contributed by atoms with Gasteiger partial charge in [0.15, 0.2) is 0 Å². The number of hydrogen-bond acceptors (Lipinski definition) is 4. The zero-order chi connectivity index (χ0) is 29.6. The molecule has 5 aromatic rings. The molecule has 1 heterocycles. The summed E-state index contributed by atoms with van der Waals surface area (Å²) in [4.78, 5) is 26.7. The zero-order valence-electron chi connectivity index (χ0n) is 24.4. The van der Waals surface area contributed by atoms with Gasteiger partial charge in [0.1, 0.15) is 0 Å². The molecule has 7 heteroatoms. The Labute approximate surface area is 246 Å². The highest BCUT2D eigenvalue weighted by atomic mass is 16.2. The summed E-state index contributed by atoms with van der Waals surface area (Å²) in [5.41, 5.74) is 9.47. The molecule has 0 spiro atoms. The van der Waals surface area contributed by atoms with Crippen LogP contribution < -0.4 is 15.5 Å². The molecule has 7 nitrogen and oxygen atoms in total. The summed E-state index contributed by atoms with van der Waals surface area (Å²) in [5.74, 6) is -0.192. The number of benzene rings is 4. The maximum absolute atomic E-state index is 12.8. The second-order valence-corrected chi connectivity index (χ2v) is 10.5. The SMILES string of the molecule is CNC(=O)CCc1cc(-c2ccc(-c3ccc(C)cc3)cc2)n(-c2ccc(NC(=O)c3ccc(N(C)C)cc3)cc2)n1. The number of hydrogen-bond donors (Lipinski definition) is 2. The van der Waals surface area contributed by atoms with Gasteiger partial charge >= 0.3 is 0 Å². The molecular weight excluding hydrogens is 522 g/mol. The lowest BCUT2D eigenvalue weighted by atomic mass is 10.0. The van der Waals surface area contributed by atoms with Crippen LogP contribution in [0.1, 0.15) is 28.0 Å². The standard InChI is InChI=1S/C35H35N5O2/c1-24-5-7-25(8-6-24)26-9-11-27(12-10-26)33-23-30(17-22-34(41)36-2)38-40(33)32-20-15-29(16-21-32)37-35(42)28-13-18-31(19-14-28)39(3)4/h5-16,18-21,23H,17,22H2,1-4H3,(H,36,41)(H,37,42). The Morgan fingerprint density at radius 2 is 1.38 bits per heavy atom. The minimum absolute atomic E-state index is 0.0231. The van der Waals surface area contributed by atoms with Gasteiger partial charge in [-0.1, -0.05) is 54.1 Å². The molecule has 0 aliphatic heterocycles. The predicted octanol–water partition coefficient (Wildman–Crippen LogP) is 6.51. The average Bonchev–Trinajstić information content (AvgIpc) is 3.45. The third kappa shape index (κ3) is 6.58. The number of nitrogens with zero attached hydrogens (tertiary/aromatic N) is 3. The number of anilines is 2. The van der Waals surface area contributed by atoms with Crippen molar-refractivity contribution in [2.45, 2.75) is 19.8 Å². The van der Waals surface area contributed by atoms with E-state index in [0.29, 0.717) is 24.1 Å². The number of nitrogens with one attached hydrogen (secondary N) is 2. The zero-order valence-corrected chi connectivity index (χ0v) is 24.4. The van der Waals surface area contributed by atoms with E-state index in [-0.39, 0.29) is 11.8 Å². The van der Waals surface area contributed by atoms with Crippen molar-refractivity contribution in [3.63, 3.8) is 0 Å². The Balaban J connectivity index is 1.39. The van der Waals surface area contributed by atoms with Crippen molar-refractivity contribution >= 4 is 23.2 Å². The third-order valence-electron chi connectivity index (χ3n) is 7.23. The fourth-order valence-electron chi connectivity index (χ4n) is 4.70. The third-order valence-corrected chi connectivity index (χ3v) is 7.23. The van der Waals surface area contributed by atoms with Gasteiger partial charge in [0, 0.05) is 56.5 Å². The van der Waals surface area contributed by atoms with E-state index >= 15 is 0 Å². The van der Waals surface area contributed by atoms with Gasteiger partial charge < -0.3 is 15.5 Å². The van der Waals surface area contributed by atoms with Crippen molar-refractivity contribution in [2.75, 3.05) is 31.4 Å². The number of carbonyl (C=O) groups is 2. The molecule has 1 aromatic heterocycles. The van der Waals surface area contributed by atoms with Gasteiger partial charge in [-0.05, 0) is 72.6 Å². The predicted molar refractivity (Wildman–Crippen MR) is 170 cm³/mol. The molecule has 0 aliphatic rings. The molecule has 0 aliphatic carbocycles. The summed E-state index contributed by atoms with van der Waals surface area (Å²) in [6.07, 6.45) is 0.891. The second kappa shape index (κ2) is 12.6. The van der Waals surface area contributed by atoms with Crippen molar-refractivity contribution in [3.8, 4) is 28.1 Å². The largest absolute Gasteiger partial charge is 0.378 e. The highest BCUT2D eigenvalue weighted by molar-refractivity contribution is 6.04. The number of carbonyl (C=O) groups excluding carboxylic acids is 2. The molecule has 212 valence electrons. The molecule has 4 aromatic carbocycles. The van der Waals surface area contributed by atoms with Crippen molar-refractivity contribution in [1.82, 2.24) is 15.1 Å². The lowest BCUT2D eigenvalue weighted by Gasteiger charge is -2.13. The van der Waals surface area contributed by atoms with Crippen LogP contribution in [-0.4, -0.2) is 42.7 Å². The van der Waals surface area contributed by atoms with Crippen LogP contribution >= 0.6 is 0 Å². The van der Waals surface area contributed by atoms with Crippen molar-refractivity contribution in [3.05, 3.63) is 120 Å². The minimum Gasteiger partial charge on any atom is -0.378 e. The quantitative estimate of drug-likeness (QED) is 0.217. The van der Waals surface area contributed by atoms with Crippen LogP contribution in [0.3, 0.4) is 0 Å². The molecule has 2 N–H and O–H groups in total. The van der Waals surface area contributed by atoms with Gasteiger partial charge in [-0.2, -0.15) is 5.10 Å². The van der Waals surface area contributed by atoms with Crippen LogP contribution in [-0.2, 0) is 11.2 Å². The maximum atomic E-state index is 12.8. The van der Waals surface area contributed by atoms with Crippen LogP contribution in [0.25, 0.3) is 28.1 Å². The van der Waals surface area contributed by atoms with Crippen LogP contribution in [0.2, 0.25) is 0 Å². The van der Waals surface area contributed by atoms with Crippen molar-refractivity contribution < 1.29 is 9.59 Å². The summed E-state index contributed by atoms with van der Waals surface area (Å²) in [6.45, 7) is 2.08. The molecule has 0 atom stereocenters. The minimum atomic E-state index is -0.169. The van der Waals surface area contributed by atoms with Crippen LogP contribution in [0.5, 0.6) is 0 Å². The topological polar surface area (TPSA) is 79.3 Å². The van der Waals surface area contributed by atoms with Gasteiger partial charge in [0.25, 0.3) is 5.91 Å². The number of amides is 2. The Kier molecular flexibility index (Phi) is 8.48. The van der Waals surface area contributed by atoms with Crippen molar-refractivity contribution in [2.24, 2.45) is 0 Å². The van der Waals surface area contributed by atoms with E-state index in [1.807, 2.05) is 78.3 Å². The first-order valence-electron chi connectivity index (χ1n) is 14.0. The summed E-state index contributed by atoms with van der Waals surface area (Å²) in [6, 6.07) is 34.1. The van der Waals surface area contributed by atoms with E-state index in [2.05, 4.69) is 66.1 Å². The monoisotopic (exact) mass is 557 g/mol. The van der Waals surface area contributed by atoms with Crippen LogP contribution in [0, 0.1) is 6.92 Å². The average molecular weight is 558 g/mol. The second-order valence-electron chi connectivity index (χ2n) is 10.5. The number of aryl methyl sites for hydroxylation is 2. The van der Waals surface area contributed by atoms with E-state index < -0.39 is 0 Å². The van der Waals surface area contributed by atoms with Gasteiger partial charge in [-0.25, -0.2) is 4.68 Å². The van der Waals surface area contributed by atoms with E-state index in [1.165, 1.54) is 11.1 Å². The highest BCUT2D eigenvalue weighted by Crippen LogP contribution is 2.28. The highest BCUT2D eigenvalue weighted by Gasteiger charge is 2.14. The van der Waals surface area contributed by atoms with Gasteiger partial charge in [0.05, 0.1) is 17.1 Å². The Bertz CT molecular complexity index is 1670. The Morgan fingerprint density at radius 3 is 1.98 bits per heavy atom. The maximum Gasteiger partial charge on any atom is 0.255 e. The lowest BCUT2D eigenvalue weighted by molar-refractivity contribution is -0.120. The van der Waals surface area contributed by atoms with E-state index in [0.717, 1.165) is 33.9 Å². The molecule has 0 radical (unpaired) electrons. The molecule has 42 heavy (non-hydrogen) atoms. The van der Waals surface area contributed by atoms with E-state index in [1.54, 1.807) is 7.05 Å². The lowest BCUT2D eigenvalue weighted by Crippen LogP contribution is -2.18. The van der Waals surface area contributed by atoms with Gasteiger partial charge in [-0.15, -0.1) is 0 Å². The fourth-order valence-corrected chi connectivity index (χ4v) is 4.70. The van der Waals surface area contributed by atoms with Crippen LogP contribution in [0.15, 0.2) is 103 Å². The number of aromatic nitrogens is 2. The van der Waals surface area contributed by atoms with Gasteiger partial charge in [-0.3, -0.25) is 9.59 Å². The van der Waals surface area contributed by atoms with E-state index in [4.69, 9.17) is 5.10 Å². The molecule has 0 bridgehead atoms. The summed E-state index contributed by atoms with van der Waals surface area (Å²) in [5, 5.41) is 10.5. The number of rotatable bonds is 9. The molecule has 0 unspecified atom stereocenters. The summed E-state index contributed by atoms with van der Waals surface area (Å²) in [7, 11) is 5.57. The van der Waals surface area contributed by atoms with Crippen molar-refractivity contribution in [1.29, 1.82) is 0 Å². The van der Waals surface area contributed by atoms with Gasteiger partial charge in [0.2, 0.25) is 5.91 Å². The smallest absolute Gasteiger partial charge is 0.255 e. The molecule has 0 fully saturated rings. The Hall–Kier alpha value is -5.17. The molecule has 5 rings (SSSR count). The summed E-state index contributed by atoms with van der Waals surface area (Å²) >= 11 is 0. The molecule has 0 saturated heterocycles. The Morgan fingerprint density at radius 1 is 0.786 bits per heavy atom. The first-order valence-corrected chi connectivity index (χ1v) is 14.0. The summed E-state index contributed by atoms with van der Waals surface area (Å²) < 4.78 is 1.89. The first kappa shape index (κ1) is 28.4. The first-order chi connectivity index (χ1) is 20.3.